The van der Waals surface area contributed by atoms with E-state index >= 15 is 0 Å². The van der Waals surface area contributed by atoms with Gasteiger partial charge in [-0.2, -0.15) is 0 Å². The molecule has 3 atom stereocenters. The van der Waals surface area contributed by atoms with Crippen molar-refractivity contribution in [3.05, 3.63) is 29.7 Å². The van der Waals surface area contributed by atoms with Gasteiger partial charge < -0.3 is 34.6 Å². The van der Waals surface area contributed by atoms with Crippen LogP contribution in [0.4, 0.5) is 22.1 Å². The summed E-state index contributed by atoms with van der Waals surface area (Å²) in [6.45, 7) is 11.1. The monoisotopic (exact) mass is 661 g/mol. The van der Waals surface area contributed by atoms with Crippen LogP contribution in [0.1, 0.15) is 88.5 Å². The molecule has 0 bridgehead atoms. The van der Waals surface area contributed by atoms with Gasteiger partial charge in [0.05, 0.1) is 24.9 Å². The van der Waals surface area contributed by atoms with Crippen molar-refractivity contribution in [1.29, 1.82) is 0 Å². The van der Waals surface area contributed by atoms with Crippen molar-refractivity contribution in [3.8, 4) is 0 Å². The maximum Gasteiger partial charge on any atom is 0.407 e. The van der Waals surface area contributed by atoms with Crippen LogP contribution >= 0.6 is 0 Å². The van der Waals surface area contributed by atoms with Crippen LogP contribution in [0.2, 0.25) is 0 Å². The van der Waals surface area contributed by atoms with Crippen LogP contribution in [0.3, 0.4) is 0 Å². The number of hydrogen-bond donors (Lipinski definition) is 2. The average molecular weight is 662 g/mol. The van der Waals surface area contributed by atoms with E-state index in [0.717, 1.165) is 81.6 Å². The normalized spacial score (nSPS) is 24.1. The smallest absolute Gasteiger partial charge is 0.407 e. The van der Waals surface area contributed by atoms with Crippen molar-refractivity contribution in [2.45, 2.75) is 96.6 Å². The Kier molecular flexibility index (Phi) is 8.65. The number of nitrogens with one attached hydrogen (secondary N) is 2. The molecule has 0 radical (unpaired) electrons. The molecule has 1 spiro atoms. The summed E-state index contributed by atoms with van der Waals surface area (Å²) in [5.41, 5.74) is 2.91. The third-order valence-electron chi connectivity index (χ3n) is 10.1. The fourth-order valence-corrected chi connectivity index (χ4v) is 7.71. The summed E-state index contributed by atoms with van der Waals surface area (Å²) in [4.78, 5) is 44.4. The molecule has 3 aromatic heterocycles. The third-order valence-corrected chi connectivity index (χ3v) is 10.1. The van der Waals surface area contributed by atoms with E-state index in [9.17, 15) is 9.59 Å². The molecule has 0 saturated carbocycles. The van der Waals surface area contributed by atoms with Gasteiger partial charge in [-0.1, -0.05) is 0 Å². The minimum Gasteiger partial charge on any atom is -0.444 e. The van der Waals surface area contributed by atoms with Gasteiger partial charge in [0.2, 0.25) is 0 Å². The number of ether oxygens (including phenoxy) is 3. The molecule has 7 rings (SSSR count). The fourth-order valence-electron chi connectivity index (χ4n) is 7.71. The Morgan fingerprint density at radius 2 is 1.90 bits per heavy atom. The maximum absolute atomic E-state index is 12.7. The Balaban J connectivity index is 1.18. The molecule has 14 heteroatoms. The molecular weight excluding hydrogens is 614 g/mol. The second-order valence-electron chi connectivity index (χ2n) is 14.5. The first kappa shape index (κ1) is 32.5. The largest absolute Gasteiger partial charge is 0.444 e. The van der Waals surface area contributed by atoms with Gasteiger partial charge in [-0.3, -0.25) is 9.78 Å². The quantitative estimate of drug-likeness (QED) is 0.404. The Morgan fingerprint density at radius 1 is 1.08 bits per heavy atom. The number of carbonyl (C=O) groups excluding carboxylic acids is 2. The number of anilines is 3. The zero-order valence-electron chi connectivity index (χ0n) is 28.6. The second kappa shape index (κ2) is 12.8. The van der Waals surface area contributed by atoms with E-state index < -0.39 is 11.7 Å². The van der Waals surface area contributed by atoms with Gasteiger partial charge in [0.15, 0.2) is 23.2 Å². The van der Waals surface area contributed by atoms with Gasteiger partial charge in [-0.05, 0) is 78.7 Å². The van der Waals surface area contributed by atoms with Crippen LogP contribution in [0, 0.1) is 5.41 Å². The maximum atomic E-state index is 12.7. The highest BCUT2D eigenvalue weighted by molar-refractivity contribution is 5.96. The van der Waals surface area contributed by atoms with Crippen LogP contribution in [0.5, 0.6) is 0 Å². The number of carbonyl (C=O) groups is 2. The van der Waals surface area contributed by atoms with Gasteiger partial charge in [0.1, 0.15) is 17.1 Å². The minimum absolute atomic E-state index is 0.105. The van der Waals surface area contributed by atoms with E-state index in [1.54, 1.807) is 13.2 Å². The molecule has 3 saturated heterocycles. The highest BCUT2D eigenvalue weighted by Crippen LogP contribution is 2.44. The Labute approximate surface area is 280 Å². The molecule has 0 aromatic carbocycles. The highest BCUT2D eigenvalue weighted by atomic mass is 16.6. The van der Waals surface area contributed by atoms with E-state index in [1.165, 1.54) is 0 Å². The molecule has 4 aliphatic rings. The summed E-state index contributed by atoms with van der Waals surface area (Å²) in [6, 6.07) is 1.81. The molecule has 7 heterocycles. The molecule has 258 valence electrons. The standard InChI is InChI=1S/C34H47N9O5/c1-21-28(39-32(45)48-33(2,3)4)34(20-47-21)12-16-41(17-13-34)24-19-37-27-29(38-24)43(25-10-6-7-18-46-25)40-30(27)42-15-8-9-22-23(42)11-14-36-26(22)31(44)35-5/h11,14,19,21,25,28H,6-10,12-13,15-18,20H2,1-5H3,(H,35,44)(H,39,45)/t21-,25?,28+/m0/s1. The molecular formula is C34H47N9O5. The lowest BCUT2D eigenvalue weighted by molar-refractivity contribution is -0.0368. The lowest BCUT2D eigenvalue weighted by Crippen LogP contribution is -2.55. The number of hydrogen-bond acceptors (Lipinski definition) is 11. The zero-order valence-corrected chi connectivity index (χ0v) is 28.6. The molecule has 14 nitrogen and oxygen atoms in total. The average Bonchev–Trinajstić information content (AvgIpc) is 3.60. The van der Waals surface area contributed by atoms with Gasteiger partial charge in [-0.25, -0.2) is 19.4 Å². The molecule has 2 N–H and O–H groups in total. The molecule has 0 aliphatic carbocycles. The Bertz CT molecular complexity index is 1670. The number of alkyl carbamates (subject to hydrolysis) is 1. The summed E-state index contributed by atoms with van der Waals surface area (Å²) in [7, 11) is 1.63. The molecule has 2 amide bonds. The highest BCUT2D eigenvalue weighted by Gasteiger charge is 2.50. The number of aromatic nitrogens is 5. The van der Waals surface area contributed by atoms with Crippen LogP contribution in [0.25, 0.3) is 11.2 Å². The van der Waals surface area contributed by atoms with Crippen molar-refractivity contribution in [3.63, 3.8) is 0 Å². The summed E-state index contributed by atoms with van der Waals surface area (Å²) >= 11 is 0. The minimum atomic E-state index is -0.571. The van der Waals surface area contributed by atoms with Crippen molar-refractivity contribution < 1.29 is 23.8 Å². The number of piperidine rings is 1. The first-order chi connectivity index (χ1) is 23.1. The van der Waals surface area contributed by atoms with Crippen LogP contribution in [-0.2, 0) is 20.6 Å². The summed E-state index contributed by atoms with van der Waals surface area (Å²) in [5, 5.41) is 11.0. The Hall–Kier alpha value is -4.04. The third kappa shape index (κ3) is 6.04. The molecule has 1 unspecified atom stereocenters. The number of rotatable bonds is 5. The van der Waals surface area contributed by atoms with Crippen LogP contribution < -0.4 is 20.4 Å². The molecule has 3 aromatic rings. The first-order valence-corrected chi connectivity index (χ1v) is 17.3. The van der Waals surface area contributed by atoms with Crippen molar-refractivity contribution in [1.82, 2.24) is 35.4 Å². The van der Waals surface area contributed by atoms with Crippen LogP contribution in [0.15, 0.2) is 18.5 Å². The van der Waals surface area contributed by atoms with Gasteiger partial charge in [-0.15, -0.1) is 5.10 Å². The van der Waals surface area contributed by atoms with Crippen molar-refractivity contribution in [2.24, 2.45) is 5.41 Å². The van der Waals surface area contributed by atoms with Crippen LogP contribution in [-0.4, -0.2) is 94.4 Å². The van der Waals surface area contributed by atoms with E-state index in [1.807, 2.05) is 44.6 Å². The fraction of sp³-hybridized carbons (Fsp3) is 0.647. The lowest BCUT2D eigenvalue weighted by Gasteiger charge is -2.42. The topological polar surface area (TPSA) is 149 Å². The number of nitrogens with zero attached hydrogens (tertiary/aromatic N) is 7. The number of fused-ring (bicyclic) bond motifs is 2. The second-order valence-corrected chi connectivity index (χ2v) is 14.5. The van der Waals surface area contributed by atoms with E-state index in [0.29, 0.717) is 35.9 Å². The van der Waals surface area contributed by atoms with Gasteiger partial charge in [0, 0.05) is 56.2 Å². The summed E-state index contributed by atoms with van der Waals surface area (Å²) in [6.07, 6.45) is 8.98. The van der Waals surface area contributed by atoms with Gasteiger partial charge in [0.25, 0.3) is 5.91 Å². The number of pyridine rings is 1. The van der Waals surface area contributed by atoms with E-state index in [-0.39, 0.29) is 29.7 Å². The number of amides is 2. The predicted molar refractivity (Wildman–Crippen MR) is 180 cm³/mol. The molecule has 48 heavy (non-hydrogen) atoms. The molecule has 3 fully saturated rings. The van der Waals surface area contributed by atoms with Gasteiger partial charge >= 0.3 is 6.09 Å². The first-order valence-electron chi connectivity index (χ1n) is 17.3. The van der Waals surface area contributed by atoms with Crippen molar-refractivity contribution >= 4 is 40.5 Å². The SMILES string of the molecule is CNC(=O)c1nccc2c1CCCN2c1nn(C2CCCCO2)c2nc(N3CCC4(CC3)CO[C@@H](C)[C@H]4NC(=O)OC(C)(C)C)cnc12. The summed E-state index contributed by atoms with van der Waals surface area (Å²) in [5.74, 6) is 1.30. The van der Waals surface area contributed by atoms with E-state index in [2.05, 4.69) is 25.4 Å². The zero-order chi connectivity index (χ0) is 33.6. The lowest BCUT2D eigenvalue weighted by atomic mass is 9.73. The molecule has 4 aliphatic heterocycles. The van der Waals surface area contributed by atoms with E-state index in [4.69, 9.17) is 29.3 Å². The Morgan fingerprint density at radius 3 is 2.62 bits per heavy atom. The van der Waals surface area contributed by atoms with Crippen molar-refractivity contribution in [2.75, 3.05) is 49.7 Å². The predicted octanol–water partition coefficient (Wildman–Crippen LogP) is 4.26. The summed E-state index contributed by atoms with van der Waals surface area (Å²) < 4.78 is 19.8.